The van der Waals surface area contributed by atoms with E-state index >= 15 is 0 Å². The molecule has 1 heterocycles. The van der Waals surface area contributed by atoms with E-state index in [2.05, 4.69) is 31.6 Å². The van der Waals surface area contributed by atoms with Gasteiger partial charge in [-0.15, -0.1) is 5.10 Å². The Hall–Kier alpha value is -1.89. The summed E-state index contributed by atoms with van der Waals surface area (Å²) in [7, 11) is 1.59. The third-order valence-corrected chi connectivity index (χ3v) is 3.36. The molecule has 0 aliphatic heterocycles. The highest BCUT2D eigenvalue weighted by Gasteiger charge is 2.08. The fourth-order valence-corrected chi connectivity index (χ4v) is 2.25. The molecule has 6 nitrogen and oxygen atoms in total. The number of ether oxygens (including phenoxy) is 1. The SMILES string of the molecule is COc1ccc(C(=O)NCCCn2ccnn2)cc1Br. The maximum atomic E-state index is 12.0. The minimum atomic E-state index is -0.105. The number of methoxy groups -OCH3 is 1. The van der Waals surface area contributed by atoms with Crippen LogP contribution in [0.4, 0.5) is 0 Å². The van der Waals surface area contributed by atoms with Crippen LogP contribution in [0.2, 0.25) is 0 Å². The number of rotatable bonds is 6. The average molecular weight is 339 g/mol. The van der Waals surface area contributed by atoms with E-state index in [-0.39, 0.29) is 5.91 Å². The fraction of sp³-hybridized carbons (Fsp3) is 0.308. The van der Waals surface area contributed by atoms with Crippen LogP contribution in [0.25, 0.3) is 0 Å². The number of aryl methyl sites for hydroxylation is 1. The quantitative estimate of drug-likeness (QED) is 0.816. The monoisotopic (exact) mass is 338 g/mol. The molecule has 7 heteroatoms. The van der Waals surface area contributed by atoms with Crippen molar-refractivity contribution in [1.29, 1.82) is 0 Å². The van der Waals surface area contributed by atoms with Gasteiger partial charge in [0.1, 0.15) is 5.75 Å². The van der Waals surface area contributed by atoms with Crippen LogP contribution in [0.15, 0.2) is 35.1 Å². The molecule has 2 aromatic rings. The first-order valence-electron chi connectivity index (χ1n) is 6.16. The van der Waals surface area contributed by atoms with Crippen molar-refractivity contribution < 1.29 is 9.53 Å². The number of amides is 1. The number of aromatic nitrogens is 3. The molecule has 0 unspecified atom stereocenters. The zero-order valence-corrected chi connectivity index (χ0v) is 12.6. The van der Waals surface area contributed by atoms with Crippen molar-refractivity contribution >= 4 is 21.8 Å². The van der Waals surface area contributed by atoms with Crippen molar-refractivity contribution in [3.8, 4) is 5.75 Å². The summed E-state index contributed by atoms with van der Waals surface area (Å²) in [6.07, 6.45) is 4.22. The van der Waals surface area contributed by atoms with Gasteiger partial charge < -0.3 is 10.1 Å². The van der Waals surface area contributed by atoms with Gasteiger partial charge in [0.05, 0.1) is 17.8 Å². The van der Waals surface area contributed by atoms with E-state index in [9.17, 15) is 4.79 Å². The molecule has 1 N–H and O–H groups in total. The lowest BCUT2D eigenvalue weighted by atomic mass is 10.2. The first kappa shape index (κ1) is 14.5. The van der Waals surface area contributed by atoms with Crippen molar-refractivity contribution in [2.24, 2.45) is 0 Å². The highest BCUT2D eigenvalue weighted by Crippen LogP contribution is 2.25. The number of hydrogen-bond acceptors (Lipinski definition) is 4. The van der Waals surface area contributed by atoms with Crippen LogP contribution in [0.1, 0.15) is 16.8 Å². The molecular formula is C13H15BrN4O2. The number of halogens is 1. The van der Waals surface area contributed by atoms with Crippen LogP contribution in [-0.4, -0.2) is 34.6 Å². The molecule has 0 aliphatic carbocycles. The molecule has 106 valence electrons. The largest absolute Gasteiger partial charge is 0.496 e. The van der Waals surface area contributed by atoms with Gasteiger partial charge in [0, 0.05) is 24.8 Å². The third kappa shape index (κ3) is 3.80. The second-order valence-corrected chi connectivity index (χ2v) is 4.98. The van der Waals surface area contributed by atoms with Crippen LogP contribution < -0.4 is 10.1 Å². The lowest BCUT2D eigenvalue weighted by molar-refractivity contribution is 0.0952. The Labute approximate surface area is 125 Å². The molecule has 1 aromatic heterocycles. The topological polar surface area (TPSA) is 69.0 Å². The summed E-state index contributed by atoms with van der Waals surface area (Å²) in [4.78, 5) is 12.0. The predicted molar refractivity (Wildman–Crippen MR) is 77.7 cm³/mol. The Bertz CT molecular complexity index is 572. The number of hydrogen-bond donors (Lipinski definition) is 1. The number of benzene rings is 1. The molecule has 0 radical (unpaired) electrons. The molecular weight excluding hydrogens is 324 g/mol. The number of nitrogens with one attached hydrogen (secondary N) is 1. The minimum Gasteiger partial charge on any atom is -0.496 e. The molecule has 0 fully saturated rings. The second-order valence-electron chi connectivity index (χ2n) is 4.12. The van der Waals surface area contributed by atoms with Crippen molar-refractivity contribution in [2.45, 2.75) is 13.0 Å². The number of nitrogens with zero attached hydrogens (tertiary/aromatic N) is 3. The van der Waals surface area contributed by atoms with E-state index in [1.165, 1.54) is 0 Å². The molecule has 0 saturated heterocycles. The Morgan fingerprint density at radius 1 is 1.50 bits per heavy atom. The summed E-state index contributed by atoms with van der Waals surface area (Å²) in [6.45, 7) is 1.31. The van der Waals surface area contributed by atoms with E-state index in [1.807, 2.05) is 0 Å². The van der Waals surface area contributed by atoms with Crippen LogP contribution in [0.5, 0.6) is 5.75 Å². The zero-order valence-electron chi connectivity index (χ0n) is 11.0. The highest BCUT2D eigenvalue weighted by molar-refractivity contribution is 9.10. The molecule has 0 aliphatic rings. The summed E-state index contributed by atoms with van der Waals surface area (Å²) >= 11 is 3.36. The molecule has 2 rings (SSSR count). The van der Waals surface area contributed by atoms with E-state index < -0.39 is 0 Å². The summed E-state index contributed by atoms with van der Waals surface area (Å²) in [5.41, 5.74) is 0.596. The van der Waals surface area contributed by atoms with Gasteiger partial charge in [-0.05, 0) is 40.5 Å². The second kappa shape index (κ2) is 7.04. The average Bonchev–Trinajstić information content (AvgIpc) is 2.96. The van der Waals surface area contributed by atoms with Gasteiger partial charge in [0.15, 0.2) is 0 Å². The first-order valence-corrected chi connectivity index (χ1v) is 6.96. The first-order chi connectivity index (χ1) is 9.70. The smallest absolute Gasteiger partial charge is 0.251 e. The molecule has 0 saturated carbocycles. The van der Waals surface area contributed by atoms with Crippen LogP contribution >= 0.6 is 15.9 Å². The Morgan fingerprint density at radius 3 is 3.00 bits per heavy atom. The molecule has 1 amide bonds. The summed E-state index contributed by atoms with van der Waals surface area (Å²) in [6, 6.07) is 5.23. The number of carbonyl (C=O) groups is 1. The zero-order chi connectivity index (χ0) is 14.4. The Morgan fingerprint density at radius 2 is 2.35 bits per heavy atom. The lowest BCUT2D eigenvalue weighted by Gasteiger charge is -2.07. The van der Waals surface area contributed by atoms with Crippen molar-refractivity contribution in [3.05, 3.63) is 40.6 Å². The molecule has 0 bridgehead atoms. The standard InChI is InChI=1S/C13H15BrN4O2/c1-20-12-4-3-10(9-11(12)14)13(19)15-5-2-7-18-8-6-16-17-18/h3-4,6,8-9H,2,5,7H2,1H3,(H,15,19). The third-order valence-electron chi connectivity index (χ3n) is 2.74. The Balaban J connectivity index is 1.81. The summed E-state index contributed by atoms with van der Waals surface area (Å²) in [5.74, 6) is 0.597. The molecule has 1 aromatic carbocycles. The predicted octanol–water partition coefficient (Wildman–Crippen LogP) is 1.87. The minimum absolute atomic E-state index is 0.105. The van der Waals surface area contributed by atoms with Gasteiger partial charge in [-0.3, -0.25) is 9.48 Å². The van der Waals surface area contributed by atoms with Gasteiger partial charge in [-0.1, -0.05) is 5.21 Å². The van der Waals surface area contributed by atoms with E-state index in [1.54, 1.807) is 42.4 Å². The fourth-order valence-electron chi connectivity index (χ4n) is 1.70. The maximum absolute atomic E-state index is 12.0. The van der Waals surface area contributed by atoms with Gasteiger partial charge in [-0.25, -0.2) is 0 Å². The van der Waals surface area contributed by atoms with Crippen LogP contribution in [0, 0.1) is 0 Å². The highest BCUT2D eigenvalue weighted by atomic mass is 79.9. The van der Waals surface area contributed by atoms with Crippen molar-refractivity contribution in [1.82, 2.24) is 20.3 Å². The number of carbonyl (C=O) groups excluding carboxylic acids is 1. The van der Waals surface area contributed by atoms with Gasteiger partial charge >= 0.3 is 0 Å². The van der Waals surface area contributed by atoms with E-state index in [0.29, 0.717) is 17.9 Å². The lowest BCUT2D eigenvalue weighted by Crippen LogP contribution is -2.25. The van der Waals surface area contributed by atoms with Crippen molar-refractivity contribution in [2.75, 3.05) is 13.7 Å². The molecule has 20 heavy (non-hydrogen) atoms. The van der Waals surface area contributed by atoms with Gasteiger partial charge in [-0.2, -0.15) is 0 Å². The van der Waals surface area contributed by atoms with Crippen molar-refractivity contribution in [3.63, 3.8) is 0 Å². The van der Waals surface area contributed by atoms with E-state index in [4.69, 9.17) is 4.74 Å². The maximum Gasteiger partial charge on any atom is 0.251 e. The molecule has 0 spiro atoms. The van der Waals surface area contributed by atoms with Crippen LogP contribution in [-0.2, 0) is 6.54 Å². The van der Waals surface area contributed by atoms with Gasteiger partial charge in [0.25, 0.3) is 5.91 Å². The normalized spacial score (nSPS) is 10.3. The summed E-state index contributed by atoms with van der Waals surface area (Å²) in [5, 5.41) is 10.4. The molecule has 0 atom stereocenters. The summed E-state index contributed by atoms with van der Waals surface area (Å²) < 4.78 is 7.62. The van der Waals surface area contributed by atoms with Gasteiger partial charge in [0.2, 0.25) is 0 Å². The Kier molecular flexibility index (Phi) is 5.11. The van der Waals surface area contributed by atoms with E-state index in [0.717, 1.165) is 17.4 Å². The van der Waals surface area contributed by atoms with Crippen LogP contribution in [0.3, 0.4) is 0 Å².